The van der Waals surface area contributed by atoms with Crippen LogP contribution in [0.5, 0.6) is 0 Å². The second-order valence-electron chi connectivity index (χ2n) is 5.37. The summed E-state index contributed by atoms with van der Waals surface area (Å²) in [6.45, 7) is 2.57. The molecule has 0 radical (unpaired) electrons. The molecule has 1 aliphatic heterocycles. The Hall–Kier alpha value is -1.71. The molecular weight excluding hydrogens is 347 g/mol. The highest BCUT2D eigenvalue weighted by Gasteiger charge is 2.31. The normalized spacial score (nSPS) is 19.0. The summed E-state index contributed by atoms with van der Waals surface area (Å²) in [5.74, 6) is -0.138. The molecule has 0 aromatic carbocycles. The van der Waals surface area contributed by atoms with Gasteiger partial charge in [-0.2, -0.15) is 18.2 Å². The zero-order chi connectivity index (χ0) is 16.3. The van der Waals surface area contributed by atoms with Gasteiger partial charge < -0.3 is 9.84 Å². The summed E-state index contributed by atoms with van der Waals surface area (Å²) >= 11 is 0. The molecule has 3 rings (SSSR count). The van der Waals surface area contributed by atoms with E-state index in [1.807, 2.05) is 12.1 Å². The van der Waals surface area contributed by atoms with Gasteiger partial charge in [0.2, 0.25) is 5.89 Å². The van der Waals surface area contributed by atoms with Gasteiger partial charge in [-0.05, 0) is 11.6 Å². The van der Waals surface area contributed by atoms with Crippen LogP contribution >= 0.6 is 12.4 Å². The fraction of sp³-hybridized carbons (Fsp3) is 0.500. The Balaban J connectivity index is 0.00000208. The van der Waals surface area contributed by atoms with E-state index in [-0.39, 0.29) is 30.2 Å². The van der Waals surface area contributed by atoms with Crippen LogP contribution in [0.3, 0.4) is 0 Å². The molecule has 0 aliphatic carbocycles. The maximum absolute atomic E-state index is 12.3. The molecule has 1 aliphatic rings. The number of halogens is 4. The van der Waals surface area contributed by atoms with E-state index in [0.717, 1.165) is 25.2 Å². The lowest BCUT2D eigenvalue weighted by atomic mass is 10.1. The molecule has 1 fully saturated rings. The topological polar surface area (TPSA) is 67.1 Å². The highest BCUT2D eigenvalue weighted by Crippen LogP contribution is 2.24. The highest BCUT2D eigenvalue weighted by molar-refractivity contribution is 5.85. The lowest BCUT2D eigenvalue weighted by Gasteiger charge is -2.35. The summed E-state index contributed by atoms with van der Waals surface area (Å²) in [4.78, 5) is 10.1. The molecule has 0 saturated carbocycles. The van der Waals surface area contributed by atoms with Crippen molar-refractivity contribution < 1.29 is 17.7 Å². The number of piperazine rings is 1. The van der Waals surface area contributed by atoms with Crippen LogP contribution in [-0.2, 0) is 13.0 Å². The van der Waals surface area contributed by atoms with Crippen LogP contribution in [-0.4, -0.2) is 45.8 Å². The second kappa shape index (κ2) is 7.91. The molecule has 3 heterocycles. The summed E-state index contributed by atoms with van der Waals surface area (Å²) in [5, 5.41) is 6.70. The Bertz CT molecular complexity index is 637. The van der Waals surface area contributed by atoms with Crippen LogP contribution < -0.4 is 5.32 Å². The fourth-order valence-electron chi connectivity index (χ4n) is 2.62. The maximum Gasteiger partial charge on any atom is 0.396 e. The summed E-state index contributed by atoms with van der Waals surface area (Å²) in [6.07, 6.45) is -2.03. The Morgan fingerprint density at radius 1 is 1.38 bits per heavy atom. The van der Waals surface area contributed by atoms with E-state index in [4.69, 9.17) is 4.52 Å². The van der Waals surface area contributed by atoms with Gasteiger partial charge in [0, 0.05) is 38.1 Å². The lowest BCUT2D eigenvalue weighted by Crippen LogP contribution is -2.45. The monoisotopic (exact) mass is 363 g/mol. The van der Waals surface area contributed by atoms with Crippen molar-refractivity contribution in [2.75, 3.05) is 19.6 Å². The first-order valence-electron chi connectivity index (χ1n) is 7.24. The van der Waals surface area contributed by atoms with Crippen LogP contribution in [0.15, 0.2) is 29.0 Å². The van der Waals surface area contributed by atoms with Gasteiger partial charge in [0.15, 0.2) is 5.82 Å². The Kier molecular flexibility index (Phi) is 6.14. The van der Waals surface area contributed by atoms with Crippen molar-refractivity contribution in [3.63, 3.8) is 0 Å². The summed E-state index contributed by atoms with van der Waals surface area (Å²) in [7, 11) is 0. The summed E-state index contributed by atoms with van der Waals surface area (Å²) in [6, 6.07) is 3.90. The van der Waals surface area contributed by atoms with Crippen LogP contribution in [0, 0.1) is 0 Å². The van der Waals surface area contributed by atoms with E-state index in [9.17, 15) is 13.2 Å². The highest BCUT2D eigenvalue weighted by atomic mass is 35.5. The number of nitrogens with one attached hydrogen (secondary N) is 1. The van der Waals surface area contributed by atoms with E-state index in [0.29, 0.717) is 6.54 Å². The van der Waals surface area contributed by atoms with Gasteiger partial charge >= 0.3 is 6.18 Å². The Morgan fingerprint density at radius 3 is 2.92 bits per heavy atom. The molecule has 1 N–H and O–H groups in total. The van der Waals surface area contributed by atoms with E-state index >= 15 is 0 Å². The smallest absolute Gasteiger partial charge is 0.338 e. The van der Waals surface area contributed by atoms with Crippen molar-refractivity contribution in [1.29, 1.82) is 0 Å². The minimum absolute atomic E-state index is 0. The van der Waals surface area contributed by atoms with Crippen molar-refractivity contribution in [2.24, 2.45) is 0 Å². The molecule has 10 heteroatoms. The third-order valence-electron chi connectivity index (χ3n) is 3.63. The van der Waals surface area contributed by atoms with Gasteiger partial charge in [0.1, 0.15) is 6.42 Å². The number of pyridine rings is 1. The van der Waals surface area contributed by atoms with Crippen LogP contribution in [0.4, 0.5) is 13.2 Å². The minimum atomic E-state index is -4.34. The van der Waals surface area contributed by atoms with E-state index in [1.54, 1.807) is 12.4 Å². The van der Waals surface area contributed by atoms with Gasteiger partial charge in [-0.25, -0.2) is 0 Å². The van der Waals surface area contributed by atoms with Crippen LogP contribution in [0.1, 0.15) is 23.3 Å². The van der Waals surface area contributed by atoms with Crippen LogP contribution in [0.25, 0.3) is 0 Å². The van der Waals surface area contributed by atoms with Crippen molar-refractivity contribution in [1.82, 2.24) is 25.3 Å². The van der Waals surface area contributed by atoms with E-state index in [2.05, 4.69) is 25.3 Å². The first-order valence-corrected chi connectivity index (χ1v) is 7.24. The quantitative estimate of drug-likeness (QED) is 0.897. The first-order chi connectivity index (χ1) is 11.0. The molecule has 132 valence electrons. The maximum atomic E-state index is 12.3. The SMILES string of the molecule is Cl.FC(F)(F)Cc1noc(CN2CCNCC2c2cccnc2)n1. The zero-order valence-electron chi connectivity index (χ0n) is 12.7. The largest absolute Gasteiger partial charge is 0.396 e. The average molecular weight is 364 g/mol. The number of alkyl halides is 3. The van der Waals surface area contributed by atoms with Gasteiger partial charge in [-0.1, -0.05) is 11.2 Å². The van der Waals surface area contributed by atoms with Crippen molar-refractivity contribution in [3.8, 4) is 0 Å². The fourth-order valence-corrected chi connectivity index (χ4v) is 2.62. The van der Waals surface area contributed by atoms with Gasteiger partial charge in [0.05, 0.1) is 6.54 Å². The molecule has 6 nitrogen and oxygen atoms in total. The predicted octanol–water partition coefficient (Wildman–Crippen LogP) is 2.14. The predicted molar refractivity (Wildman–Crippen MR) is 81.6 cm³/mol. The average Bonchev–Trinajstić information content (AvgIpc) is 2.94. The Morgan fingerprint density at radius 2 is 2.21 bits per heavy atom. The summed E-state index contributed by atoms with van der Waals surface area (Å²) < 4.78 is 42.0. The number of hydrogen-bond donors (Lipinski definition) is 1. The molecule has 1 atom stereocenters. The summed E-state index contributed by atoms with van der Waals surface area (Å²) in [5.41, 5.74) is 1.04. The molecular formula is C14H17ClF3N5O. The molecule has 0 bridgehead atoms. The van der Waals surface area contributed by atoms with E-state index in [1.165, 1.54) is 0 Å². The Labute approximate surface area is 142 Å². The second-order valence-corrected chi connectivity index (χ2v) is 5.37. The third-order valence-corrected chi connectivity index (χ3v) is 3.63. The number of nitrogens with zero attached hydrogens (tertiary/aromatic N) is 4. The van der Waals surface area contributed by atoms with Crippen LogP contribution in [0.2, 0.25) is 0 Å². The molecule has 2 aromatic heterocycles. The number of hydrogen-bond acceptors (Lipinski definition) is 6. The van der Waals surface area contributed by atoms with Crippen molar-refractivity contribution >= 4 is 12.4 Å². The minimum Gasteiger partial charge on any atom is -0.338 e. The lowest BCUT2D eigenvalue weighted by molar-refractivity contribution is -0.128. The molecule has 0 spiro atoms. The van der Waals surface area contributed by atoms with Crippen molar-refractivity contribution in [3.05, 3.63) is 41.8 Å². The molecule has 24 heavy (non-hydrogen) atoms. The first kappa shape index (κ1) is 18.6. The van der Waals surface area contributed by atoms with Gasteiger partial charge in [0.25, 0.3) is 0 Å². The molecule has 1 saturated heterocycles. The third kappa shape index (κ3) is 4.89. The number of rotatable bonds is 4. The van der Waals surface area contributed by atoms with Gasteiger partial charge in [-0.15, -0.1) is 12.4 Å². The van der Waals surface area contributed by atoms with Gasteiger partial charge in [-0.3, -0.25) is 9.88 Å². The molecule has 1 unspecified atom stereocenters. The molecule has 2 aromatic rings. The van der Waals surface area contributed by atoms with E-state index < -0.39 is 12.6 Å². The standard InChI is InChI=1S/C14H16F3N5O.ClH/c15-14(16,17)6-12-20-13(23-21-12)9-22-5-4-19-8-11(22)10-2-1-3-18-7-10;/h1-3,7,11,19H,4-6,8-9H2;1H. The number of aromatic nitrogens is 3. The molecule has 0 amide bonds. The zero-order valence-corrected chi connectivity index (χ0v) is 13.5. The van der Waals surface area contributed by atoms with Crippen molar-refractivity contribution in [2.45, 2.75) is 25.2 Å².